The Labute approximate surface area is 157 Å². The Morgan fingerprint density at radius 1 is 1.26 bits per heavy atom. The van der Waals surface area contributed by atoms with Gasteiger partial charge in [0.1, 0.15) is 17.4 Å². The monoisotopic (exact) mass is 378 g/mol. The molecule has 148 valence electrons. The molecule has 0 bridgehead atoms. The molecule has 1 heterocycles. The maximum Gasteiger partial charge on any atom is 0.336 e. The van der Waals surface area contributed by atoms with Gasteiger partial charge in [-0.05, 0) is 31.9 Å². The number of benzene rings is 1. The summed E-state index contributed by atoms with van der Waals surface area (Å²) in [7, 11) is 1.41. The van der Waals surface area contributed by atoms with Gasteiger partial charge in [-0.3, -0.25) is 4.79 Å². The van der Waals surface area contributed by atoms with Gasteiger partial charge in [-0.15, -0.1) is 0 Å². The molecule has 2 rings (SSSR count). The van der Waals surface area contributed by atoms with Crippen molar-refractivity contribution in [2.24, 2.45) is 5.92 Å². The molecule has 0 aliphatic rings. The first kappa shape index (κ1) is 20.9. The summed E-state index contributed by atoms with van der Waals surface area (Å²) in [4.78, 5) is 23.5. The van der Waals surface area contributed by atoms with Crippen LogP contribution in [0.15, 0.2) is 33.5 Å². The number of aliphatic hydroxyl groups is 2. The molecule has 7 heteroatoms. The summed E-state index contributed by atoms with van der Waals surface area (Å²) in [5, 5.41) is 21.9. The second-order valence-electron chi connectivity index (χ2n) is 7.49. The van der Waals surface area contributed by atoms with E-state index in [4.69, 9.17) is 13.9 Å². The topological polar surface area (TPSA) is 106 Å². The Kier molecular flexibility index (Phi) is 6.28. The van der Waals surface area contributed by atoms with Crippen molar-refractivity contribution in [1.29, 1.82) is 0 Å². The molecule has 0 saturated carbocycles. The Balaban J connectivity index is 2.47. The van der Waals surface area contributed by atoms with Crippen LogP contribution in [-0.2, 0) is 9.53 Å². The van der Waals surface area contributed by atoms with E-state index in [0.717, 1.165) is 0 Å². The third kappa shape index (κ3) is 5.08. The Morgan fingerprint density at radius 2 is 1.93 bits per heavy atom. The quantitative estimate of drug-likeness (QED) is 0.563. The second kappa shape index (κ2) is 8.10. The lowest BCUT2D eigenvalue weighted by Crippen LogP contribution is -2.44. The zero-order valence-electron chi connectivity index (χ0n) is 16.2. The molecule has 2 atom stereocenters. The fraction of sp³-hybridized carbons (Fsp3) is 0.500. The molecule has 0 fully saturated rings. The second-order valence-corrected chi connectivity index (χ2v) is 7.49. The first-order valence-electron chi connectivity index (χ1n) is 8.74. The largest absolute Gasteiger partial charge is 0.496 e. The van der Waals surface area contributed by atoms with E-state index >= 15 is 0 Å². The van der Waals surface area contributed by atoms with Gasteiger partial charge in [0.25, 0.3) is 0 Å². The van der Waals surface area contributed by atoms with Crippen LogP contribution in [0, 0.1) is 5.92 Å². The minimum atomic E-state index is -1.50. The highest BCUT2D eigenvalue weighted by molar-refractivity contribution is 5.79. The van der Waals surface area contributed by atoms with Crippen molar-refractivity contribution in [1.82, 2.24) is 0 Å². The number of hydrogen-bond donors (Lipinski definition) is 2. The molecule has 2 aromatic rings. The van der Waals surface area contributed by atoms with Gasteiger partial charge in [0, 0.05) is 29.5 Å². The standard InChI is InChI=1S/C20H26O7/c1-11(2)8-17(22)27-19(20(3,4)24)18(23)13-9-12-6-7-16(21)26-14(12)10-15(13)25-5/h6-7,9-11,18-19,23-24H,8H2,1-5H3/t18-,19+/m1/s1. The fourth-order valence-corrected chi connectivity index (χ4v) is 2.80. The van der Waals surface area contributed by atoms with Crippen molar-refractivity contribution in [3.63, 3.8) is 0 Å². The summed E-state index contributed by atoms with van der Waals surface area (Å²) in [6.07, 6.45) is -2.41. The number of esters is 1. The summed E-state index contributed by atoms with van der Waals surface area (Å²) in [6, 6.07) is 5.88. The highest BCUT2D eigenvalue weighted by Gasteiger charge is 2.39. The summed E-state index contributed by atoms with van der Waals surface area (Å²) < 4.78 is 15.8. The SMILES string of the molecule is COc1cc2oc(=O)ccc2cc1[C@@H](O)[C@H](OC(=O)CC(C)C)C(C)(C)O. The third-order valence-corrected chi connectivity index (χ3v) is 4.11. The molecule has 0 spiro atoms. The lowest BCUT2D eigenvalue weighted by Gasteiger charge is -2.33. The highest BCUT2D eigenvalue weighted by atomic mass is 16.6. The summed E-state index contributed by atoms with van der Waals surface area (Å²) in [6.45, 7) is 6.65. The van der Waals surface area contributed by atoms with Crippen molar-refractivity contribution in [2.45, 2.75) is 51.9 Å². The highest BCUT2D eigenvalue weighted by Crippen LogP contribution is 2.35. The van der Waals surface area contributed by atoms with Crippen molar-refractivity contribution in [2.75, 3.05) is 7.11 Å². The molecule has 0 radical (unpaired) electrons. The summed E-state index contributed by atoms with van der Waals surface area (Å²) in [5.74, 6) is -0.185. The molecular formula is C20H26O7. The van der Waals surface area contributed by atoms with Gasteiger partial charge in [0.15, 0.2) is 6.10 Å². The zero-order chi connectivity index (χ0) is 20.4. The maximum atomic E-state index is 12.1. The number of aliphatic hydroxyl groups excluding tert-OH is 1. The lowest BCUT2D eigenvalue weighted by atomic mass is 9.91. The number of carbonyl (C=O) groups is 1. The number of hydrogen-bond acceptors (Lipinski definition) is 7. The van der Waals surface area contributed by atoms with E-state index in [-0.39, 0.29) is 18.1 Å². The first-order valence-corrected chi connectivity index (χ1v) is 8.74. The molecule has 1 aromatic carbocycles. The molecule has 0 unspecified atom stereocenters. The van der Waals surface area contributed by atoms with Gasteiger partial charge >= 0.3 is 11.6 Å². The molecule has 27 heavy (non-hydrogen) atoms. The number of carbonyl (C=O) groups excluding carboxylic acids is 1. The van der Waals surface area contributed by atoms with Gasteiger partial charge in [-0.2, -0.15) is 0 Å². The van der Waals surface area contributed by atoms with Gasteiger partial charge < -0.3 is 24.1 Å². The molecule has 0 amide bonds. The van der Waals surface area contributed by atoms with E-state index in [9.17, 15) is 19.8 Å². The van der Waals surface area contributed by atoms with Crippen LogP contribution in [-0.4, -0.2) is 35.0 Å². The van der Waals surface area contributed by atoms with Crippen molar-refractivity contribution >= 4 is 16.9 Å². The first-order chi connectivity index (χ1) is 12.5. The maximum absolute atomic E-state index is 12.1. The Bertz CT molecular complexity index is 861. The molecule has 0 aliphatic heterocycles. The molecule has 2 N–H and O–H groups in total. The average molecular weight is 378 g/mol. The van der Waals surface area contributed by atoms with Crippen molar-refractivity contribution in [3.8, 4) is 5.75 Å². The predicted octanol–water partition coefficient (Wildman–Crippen LogP) is 2.56. The van der Waals surface area contributed by atoms with Crippen molar-refractivity contribution < 1.29 is 28.9 Å². The van der Waals surface area contributed by atoms with Crippen LogP contribution in [0.1, 0.15) is 45.8 Å². The van der Waals surface area contributed by atoms with Crippen LogP contribution in [0.4, 0.5) is 0 Å². The van der Waals surface area contributed by atoms with E-state index in [1.165, 1.54) is 33.1 Å². The van der Waals surface area contributed by atoms with Gasteiger partial charge in [0.05, 0.1) is 12.7 Å². The number of rotatable bonds is 7. The number of methoxy groups -OCH3 is 1. The Hall–Kier alpha value is -2.38. The molecular weight excluding hydrogens is 352 g/mol. The third-order valence-electron chi connectivity index (χ3n) is 4.11. The van der Waals surface area contributed by atoms with Crippen LogP contribution < -0.4 is 10.4 Å². The van der Waals surface area contributed by atoms with Crippen molar-refractivity contribution in [3.05, 3.63) is 40.2 Å². The number of fused-ring (bicyclic) bond motifs is 1. The van der Waals surface area contributed by atoms with E-state index in [1.807, 2.05) is 13.8 Å². The predicted molar refractivity (Wildman–Crippen MR) is 99.6 cm³/mol. The van der Waals surface area contributed by atoms with Crippen LogP contribution in [0.2, 0.25) is 0 Å². The average Bonchev–Trinajstić information content (AvgIpc) is 2.56. The molecule has 7 nitrogen and oxygen atoms in total. The van der Waals surface area contributed by atoms with Crippen LogP contribution >= 0.6 is 0 Å². The van der Waals surface area contributed by atoms with Gasteiger partial charge in [0.2, 0.25) is 0 Å². The minimum Gasteiger partial charge on any atom is -0.496 e. The molecule has 0 aliphatic carbocycles. The van der Waals surface area contributed by atoms with Gasteiger partial charge in [-0.1, -0.05) is 13.8 Å². The smallest absolute Gasteiger partial charge is 0.336 e. The van der Waals surface area contributed by atoms with E-state index < -0.39 is 29.4 Å². The zero-order valence-corrected chi connectivity index (χ0v) is 16.2. The summed E-state index contributed by atoms with van der Waals surface area (Å²) >= 11 is 0. The van der Waals surface area contributed by atoms with Gasteiger partial charge in [-0.25, -0.2) is 4.79 Å². The van der Waals surface area contributed by atoms with E-state index in [0.29, 0.717) is 16.5 Å². The summed E-state index contributed by atoms with van der Waals surface area (Å²) in [5.41, 5.74) is -1.40. The minimum absolute atomic E-state index is 0.0789. The molecule has 0 saturated heterocycles. The van der Waals surface area contributed by atoms with Crippen LogP contribution in [0.3, 0.4) is 0 Å². The lowest BCUT2D eigenvalue weighted by molar-refractivity contribution is -0.177. The van der Waals surface area contributed by atoms with E-state index in [2.05, 4.69) is 0 Å². The normalized spacial score (nSPS) is 14.2. The molecule has 1 aromatic heterocycles. The van der Waals surface area contributed by atoms with E-state index in [1.54, 1.807) is 12.1 Å². The van der Waals surface area contributed by atoms with Crippen LogP contribution in [0.25, 0.3) is 11.0 Å². The Morgan fingerprint density at radius 3 is 2.48 bits per heavy atom. The fourth-order valence-electron chi connectivity index (χ4n) is 2.80. The number of ether oxygens (including phenoxy) is 2. The van der Waals surface area contributed by atoms with Crippen LogP contribution in [0.5, 0.6) is 5.75 Å².